The van der Waals surface area contributed by atoms with E-state index in [2.05, 4.69) is 10.6 Å². The molecule has 2 atom stereocenters. The van der Waals surface area contributed by atoms with Crippen LogP contribution in [0, 0.1) is 5.92 Å². The second-order valence-electron chi connectivity index (χ2n) is 11.1. The average molecular weight is 703 g/mol. The number of hydrogen-bond donors (Lipinski definition) is 2. The van der Waals surface area contributed by atoms with Crippen molar-refractivity contribution < 1.29 is 66.9 Å². The predicted octanol–water partition coefficient (Wildman–Crippen LogP) is 2.03. The lowest BCUT2D eigenvalue weighted by atomic mass is 10.0. The number of carbonyl (C=O) groups is 3. The Balaban J connectivity index is 0.000000570. The molecule has 1 fully saturated rings. The molecule has 2 heterocycles. The minimum Gasteiger partial charge on any atom is -0.444 e. The fourth-order valence-corrected chi connectivity index (χ4v) is 5.34. The van der Waals surface area contributed by atoms with Gasteiger partial charge in [0.15, 0.2) is 20.0 Å². The molecular weight excluding hydrogens is 666 g/mol. The van der Waals surface area contributed by atoms with E-state index in [1.165, 1.54) is 4.90 Å². The minimum atomic E-state index is -6.72. The molecule has 0 bridgehead atoms. The summed E-state index contributed by atoms with van der Waals surface area (Å²) < 4.78 is 119. The largest absolute Gasteiger partial charge is 0.480 e. The van der Waals surface area contributed by atoms with Crippen LogP contribution in [0.5, 0.6) is 0 Å². The van der Waals surface area contributed by atoms with Crippen LogP contribution in [0.2, 0.25) is 0 Å². The van der Waals surface area contributed by atoms with Crippen molar-refractivity contribution >= 4 is 38.0 Å². The van der Waals surface area contributed by atoms with Crippen LogP contribution in [0.3, 0.4) is 0 Å². The molecule has 2 unspecified atom stereocenters. The van der Waals surface area contributed by atoms with Crippen molar-refractivity contribution in [2.75, 3.05) is 13.1 Å². The molecular formula is C23H36F6N6O8S2. The lowest BCUT2D eigenvalue weighted by Crippen LogP contribution is -2.55. The second kappa shape index (κ2) is 15.0. The van der Waals surface area contributed by atoms with E-state index >= 15 is 0 Å². The van der Waals surface area contributed by atoms with E-state index in [9.17, 15) is 57.6 Å². The van der Waals surface area contributed by atoms with E-state index in [0.717, 1.165) is 10.5 Å². The Morgan fingerprint density at radius 2 is 1.56 bits per heavy atom. The number of ether oxygens (including phenoxy) is 1. The fraction of sp³-hybridized carbons (Fsp3) is 0.739. The SMILES string of the molecule is CC(C)C(NC(=O)C1CCCN1C(=O)OC(C)(C)C)C(=O)NCCn1cc[n+](C)c1.O=S(=O)([N-]S(=O)(=O)C(F)(F)F)C(F)(F)F. The molecule has 0 aliphatic carbocycles. The summed E-state index contributed by atoms with van der Waals surface area (Å²) in [6.07, 6.45) is 6.58. The number of nitrogens with zero attached hydrogens (tertiary/aromatic N) is 4. The number of aryl methyl sites for hydroxylation is 1. The van der Waals surface area contributed by atoms with Crippen LogP contribution in [0.25, 0.3) is 4.13 Å². The summed E-state index contributed by atoms with van der Waals surface area (Å²) in [6.45, 7) is 10.7. The van der Waals surface area contributed by atoms with Gasteiger partial charge in [0.25, 0.3) is 0 Å². The van der Waals surface area contributed by atoms with Crippen LogP contribution >= 0.6 is 0 Å². The highest BCUT2D eigenvalue weighted by Crippen LogP contribution is 2.36. The highest BCUT2D eigenvalue weighted by molar-refractivity contribution is 8.13. The Kier molecular flexibility index (Phi) is 13.3. The molecule has 45 heavy (non-hydrogen) atoms. The third kappa shape index (κ3) is 12.3. The first-order valence-electron chi connectivity index (χ1n) is 13.1. The summed E-state index contributed by atoms with van der Waals surface area (Å²) in [5.41, 5.74) is -13.0. The van der Waals surface area contributed by atoms with Gasteiger partial charge in [0.2, 0.25) is 18.1 Å². The van der Waals surface area contributed by atoms with Crippen molar-refractivity contribution in [1.29, 1.82) is 0 Å². The molecule has 1 aromatic heterocycles. The zero-order valence-electron chi connectivity index (χ0n) is 25.1. The Morgan fingerprint density at radius 3 is 1.98 bits per heavy atom. The molecule has 2 N–H and O–H groups in total. The molecule has 1 aliphatic heterocycles. The molecule has 2 rings (SSSR count). The number of carbonyl (C=O) groups excluding carboxylic acids is 3. The highest BCUT2D eigenvalue weighted by atomic mass is 32.3. The van der Waals surface area contributed by atoms with Crippen molar-refractivity contribution in [3.05, 3.63) is 22.8 Å². The monoisotopic (exact) mass is 702 g/mol. The van der Waals surface area contributed by atoms with Gasteiger partial charge >= 0.3 is 17.1 Å². The van der Waals surface area contributed by atoms with Gasteiger partial charge in [-0.3, -0.25) is 14.5 Å². The van der Waals surface area contributed by atoms with E-state index in [4.69, 9.17) is 4.74 Å². The number of alkyl halides is 6. The summed E-state index contributed by atoms with van der Waals surface area (Å²) in [5, 5.41) is 5.74. The molecule has 1 saturated heterocycles. The molecule has 1 aromatic rings. The van der Waals surface area contributed by atoms with Gasteiger partial charge in [0.1, 0.15) is 36.6 Å². The van der Waals surface area contributed by atoms with Crippen LogP contribution in [0.15, 0.2) is 18.7 Å². The number of nitrogens with one attached hydrogen (secondary N) is 2. The first-order valence-corrected chi connectivity index (χ1v) is 16.0. The maximum Gasteiger partial charge on any atom is 0.480 e. The summed E-state index contributed by atoms with van der Waals surface area (Å²) in [4.78, 5) is 39.5. The normalized spacial score (nSPS) is 16.9. The summed E-state index contributed by atoms with van der Waals surface area (Å²) in [5.74, 6) is -0.629. The van der Waals surface area contributed by atoms with Gasteiger partial charge < -0.3 is 19.5 Å². The van der Waals surface area contributed by atoms with Crippen LogP contribution in [-0.4, -0.2) is 86.0 Å². The van der Waals surface area contributed by atoms with Crippen molar-refractivity contribution in [1.82, 2.24) is 20.1 Å². The molecule has 0 aromatic carbocycles. The van der Waals surface area contributed by atoms with Crippen LogP contribution < -0.4 is 15.2 Å². The number of likely N-dealkylation sites (tertiary alicyclic amines) is 1. The topological polar surface area (TPSA) is 179 Å². The Morgan fingerprint density at radius 1 is 1.02 bits per heavy atom. The van der Waals surface area contributed by atoms with E-state index < -0.39 is 54.8 Å². The zero-order valence-corrected chi connectivity index (χ0v) is 26.8. The predicted molar refractivity (Wildman–Crippen MR) is 145 cm³/mol. The van der Waals surface area contributed by atoms with E-state index in [1.807, 2.05) is 48.8 Å². The van der Waals surface area contributed by atoms with Gasteiger partial charge in [-0.15, -0.1) is 0 Å². The van der Waals surface area contributed by atoms with Gasteiger partial charge in [-0.05, 0) is 39.5 Å². The molecule has 0 radical (unpaired) electrons. The maximum atomic E-state index is 12.9. The van der Waals surface area contributed by atoms with E-state index in [0.29, 0.717) is 26.1 Å². The van der Waals surface area contributed by atoms with Gasteiger partial charge in [-0.2, -0.15) is 26.3 Å². The number of rotatable bonds is 9. The lowest BCUT2D eigenvalue weighted by molar-refractivity contribution is -0.671. The van der Waals surface area contributed by atoms with Crippen molar-refractivity contribution in [3.8, 4) is 0 Å². The van der Waals surface area contributed by atoms with E-state index in [1.54, 1.807) is 20.8 Å². The lowest BCUT2D eigenvalue weighted by Gasteiger charge is -2.29. The second-order valence-corrected chi connectivity index (χ2v) is 14.5. The van der Waals surface area contributed by atoms with Gasteiger partial charge in [-0.1, -0.05) is 13.8 Å². The molecule has 1 aliphatic rings. The summed E-state index contributed by atoms with van der Waals surface area (Å²) >= 11 is 0. The van der Waals surface area contributed by atoms with Crippen molar-refractivity contribution in [3.63, 3.8) is 0 Å². The van der Waals surface area contributed by atoms with Crippen LogP contribution in [0.4, 0.5) is 31.1 Å². The van der Waals surface area contributed by atoms with Gasteiger partial charge in [-0.25, -0.2) is 30.8 Å². The fourth-order valence-electron chi connectivity index (χ4n) is 3.63. The minimum absolute atomic E-state index is 0.0882. The summed E-state index contributed by atoms with van der Waals surface area (Å²) in [7, 11) is -11.5. The molecule has 260 valence electrons. The zero-order chi connectivity index (χ0) is 35.2. The molecule has 22 heteroatoms. The highest BCUT2D eigenvalue weighted by Gasteiger charge is 2.47. The Hall–Kier alpha value is -3.14. The standard InChI is InChI=1S/C21H35N5O4.C2F6NO4S2/c1-15(2)17(19(28)22-9-11-25-13-12-24(6)14-25)23-18(27)16-8-7-10-26(16)20(29)30-21(3,4)5;3-1(4,5)14(10,11)9-15(12,13)2(6,7)8/h12-17H,7-11H2,1-6H3,(H-,22,23,27,28);/q;-1/p+1. The number of imidazole rings is 1. The number of hydrogen-bond acceptors (Lipinski definition) is 8. The van der Waals surface area contributed by atoms with Crippen molar-refractivity contribution in [2.24, 2.45) is 13.0 Å². The molecule has 0 saturated carbocycles. The third-order valence-corrected chi connectivity index (χ3v) is 8.44. The van der Waals surface area contributed by atoms with E-state index in [-0.39, 0.29) is 17.7 Å². The smallest absolute Gasteiger partial charge is 0.444 e. The van der Waals surface area contributed by atoms with Crippen LogP contribution in [0.1, 0.15) is 47.5 Å². The first kappa shape index (κ1) is 39.9. The summed E-state index contributed by atoms with van der Waals surface area (Å²) in [6, 6.07) is -1.28. The average Bonchev–Trinajstić information content (AvgIpc) is 3.48. The third-order valence-electron chi connectivity index (χ3n) is 5.70. The molecule has 3 amide bonds. The number of halogens is 6. The maximum absolute atomic E-state index is 12.9. The van der Waals surface area contributed by atoms with Gasteiger partial charge in [0.05, 0.1) is 13.6 Å². The van der Waals surface area contributed by atoms with Crippen LogP contribution in [-0.2, 0) is 48.0 Å². The number of aromatic nitrogens is 2. The number of sulfonamides is 2. The Labute approximate surface area is 256 Å². The first-order chi connectivity index (χ1) is 20.2. The Bertz CT molecular complexity index is 1360. The van der Waals surface area contributed by atoms with Crippen molar-refractivity contribution in [2.45, 2.75) is 82.7 Å². The molecule has 0 spiro atoms. The quantitative estimate of drug-likeness (QED) is 0.290. The van der Waals surface area contributed by atoms with Gasteiger partial charge in [0, 0.05) is 6.54 Å². The number of amides is 3. The molecule has 14 nitrogen and oxygen atoms in total.